The summed E-state index contributed by atoms with van der Waals surface area (Å²) in [7, 11) is 0. The molecule has 1 saturated heterocycles. The molecule has 0 spiro atoms. The number of aromatic nitrogens is 1. The van der Waals surface area contributed by atoms with Gasteiger partial charge in [-0.15, -0.1) is 0 Å². The van der Waals surface area contributed by atoms with Crippen LogP contribution in [0.1, 0.15) is 39.2 Å². The molecule has 7 heteroatoms. The Morgan fingerprint density at radius 2 is 1.97 bits per heavy atom. The summed E-state index contributed by atoms with van der Waals surface area (Å²) in [5.41, 5.74) is 0.786. The molecule has 154 valence electrons. The first kappa shape index (κ1) is 21.7. The quantitative estimate of drug-likeness (QED) is 0.672. The SMILES string of the molecule is CC(C)(C)CNC1CCN(c2ncc(Br)c(-c3ccc(C#N)c(F)c3)c2F)CC1. The highest BCUT2D eigenvalue weighted by atomic mass is 79.9. The average Bonchev–Trinajstić information content (AvgIpc) is 2.67. The Bertz CT molecular complexity index is 926. The lowest BCUT2D eigenvalue weighted by Crippen LogP contribution is -2.45. The Hall–Kier alpha value is -2.04. The summed E-state index contributed by atoms with van der Waals surface area (Å²) in [6.07, 6.45) is 3.37. The zero-order valence-electron chi connectivity index (χ0n) is 16.9. The second kappa shape index (κ2) is 8.76. The van der Waals surface area contributed by atoms with E-state index < -0.39 is 11.6 Å². The maximum Gasteiger partial charge on any atom is 0.174 e. The van der Waals surface area contributed by atoms with Crippen molar-refractivity contribution in [2.45, 2.75) is 39.7 Å². The van der Waals surface area contributed by atoms with E-state index in [0.717, 1.165) is 19.4 Å². The summed E-state index contributed by atoms with van der Waals surface area (Å²) in [6.45, 7) is 8.94. The number of anilines is 1. The molecule has 1 aromatic heterocycles. The van der Waals surface area contributed by atoms with Crippen LogP contribution in [0.2, 0.25) is 0 Å². The molecule has 3 rings (SSSR count). The van der Waals surface area contributed by atoms with E-state index in [1.807, 2.05) is 4.90 Å². The maximum atomic E-state index is 15.4. The minimum absolute atomic E-state index is 0.0654. The number of halogens is 3. The molecule has 0 amide bonds. The Kier molecular flexibility index (Phi) is 6.55. The van der Waals surface area contributed by atoms with Crippen LogP contribution in [0.3, 0.4) is 0 Å². The van der Waals surface area contributed by atoms with Gasteiger partial charge in [-0.2, -0.15) is 5.26 Å². The van der Waals surface area contributed by atoms with Gasteiger partial charge in [0.15, 0.2) is 11.6 Å². The molecule has 4 nitrogen and oxygen atoms in total. The van der Waals surface area contributed by atoms with Gasteiger partial charge in [0.25, 0.3) is 0 Å². The number of nitrogens with one attached hydrogen (secondary N) is 1. The third kappa shape index (κ3) is 5.12. The van der Waals surface area contributed by atoms with Crippen LogP contribution in [0, 0.1) is 28.4 Å². The molecule has 0 radical (unpaired) electrons. The van der Waals surface area contributed by atoms with Crippen molar-refractivity contribution >= 4 is 21.7 Å². The molecule has 1 aliphatic rings. The third-order valence-corrected chi connectivity index (χ3v) is 5.65. The van der Waals surface area contributed by atoms with E-state index in [4.69, 9.17) is 5.26 Å². The normalized spacial score (nSPS) is 15.4. The minimum atomic E-state index is -0.666. The fourth-order valence-corrected chi connectivity index (χ4v) is 3.95. The van der Waals surface area contributed by atoms with Gasteiger partial charge < -0.3 is 10.2 Å². The van der Waals surface area contributed by atoms with Gasteiger partial charge in [0.2, 0.25) is 0 Å². The first-order valence-electron chi connectivity index (χ1n) is 9.72. The van der Waals surface area contributed by atoms with Crippen LogP contribution in [0.25, 0.3) is 11.1 Å². The summed E-state index contributed by atoms with van der Waals surface area (Å²) in [4.78, 5) is 6.24. The largest absolute Gasteiger partial charge is 0.354 e. The number of hydrogen-bond acceptors (Lipinski definition) is 4. The predicted molar refractivity (Wildman–Crippen MR) is 115 cm³/mol. The lowest BCUT2D eigenvalue weighted by Gasteiger charge is -2.35. The van der Waals surface area contributed by atoms with Crippen LogP contribution in [-0.4, -0.2) is 30.7 Å². The number of nitriles is 1. The van der Waals surface area contributed by atoms with Crippen molar-refractivity contribution in [3.8, 4) is 17.2 Å². The first-order chi connectivity index (χ1) is 13.7. The zero-order valence-corrected chi connectivity index (χ0v) is 18.5. The first-order valence-corrected chi connectivity index (χ1v) is 10.5. The number of nitrogens with zero attached hydrogens (tertiary/aromatic N) is 3. The molecule has 0 aliphatic carbocycles. The fourth-order valence-electron chi connectivity index (χ4n) is 3.45. The number of pyridine rings is 1. The topological polar surface area (TPSA) is 52.0 Å². The molecule has 1 aromatic carbocycles. The summed E-state index contributed by atoms with van der Waals surface area (Å²) in [6, 6.07) is 6.30. The number of piperidine rings is 1. The van der Waals surface area contributed by atoms with E-state index in [1.165, 1.54) is 12.1 Å². The molecule has 2 heterocycles. The predicted octanol–water partition coefficient (Wildman–Crippen LogP) is 5.27. The fraction of sp³-hybridized carbons (Fsp3) is 0.455. The maximum absolute atomic E-state index is 15.4. The lowest BCUT2D eigenvalue weighted by atomic mass is 9.95. The van der Waals surface area contributed by atoms with Crippen molar-refractivity contribution in [1.29, 1.82) is 5.26 Å². The summed E-state index contributed by atoms with van der Waals surface area (Å²) < 4.78 is 29.9. The van der Waals surface area contributed by atoms with Gasteiger partial charge >= 0.3 is 0 Å². The Morgan fingerprint density at radius 1 is 1.28 bits per heavy atom. The molecule has 0 bridgehead atoms. The van der Waals surface area contributed by atoms with Crippen molar-refractivity contribution in [2.75, 3.05) is 24.5 Å². The molecule has 1 fully saturated rings. The summed E-state index contributed by atoms with van der Waals surface area (Å²) >= 11 is 3.33. The Labute approximate surface area is 179 Å². The average molecular weight is 463 g/mol. The number of rotatable bonds is 4. The standard InChI is InChI=1S/C22H25BrF2N4/c1-22(2,3)13-28-16-6-8-29(9-7-16)21-20(25)19(17(23)12-27-21)14-4-5-15(11-26)18(24)10-14/h4-5,10,12,16,28H,6-9,13H2,1-3H3. The molecular weight excluding hydrogens is 438 g/mol. The van der Waals surface area contributed by atoms with Crippen LogP contribution in [0.4, 0.5) is 14.6 Å². The monoisotopic (exact) mass is 462 g/mol. The van der Waals surface area contributed by atoms with Crippen molar-refractivity contribution in [3.63, 3.8) is 0 Å². The number of benzene rings is 1. The van der Waals surface area contributed by atoms with Crippen molar-refractivity contribution in [3.05, 3.63) is 46.1 Å². The molecule has 1 aliphatic heterocycles. The third-order valence-electron chi connectivity index (χ3n) is 5.05. The van der Waals surface area contributed by atoms with E-state index in [2.05, 4.69) is 47.0 Å². The van der Waals surface area contributed by atoms with Crippen molar-refractivity contribution in [1.82, 2.24) is 10.3 Å². The van der Waals surface area contributed by atoms with E-state index >= 15 is 4.39 Å². The Balaban J connectivity index is 1.80. The van der Waals surface area contributed by atoms with E-state index in [-0.39, 0.29) is 22.4 Å². The molecular formula is C22H25BrF2N4. The molecule has 29 heavy (non-hydrogen) atoms. The second-order valence-corrected chi connectivity index (χ2v) is 9.48. The highest BCUT2D eigenvalue weighted by molar-refractivity contribution is 9.10. The summed E-state index contributed by atoms with van der Waals surface area (Å²) in [5.74, 6) is -0.868. The van der Waals surface area contributed by atoms with Gasteiger partial charge in [0.05, 0.1) is 5.56 Å². The van der Waals surface area contributed by atoms with Gasteiger partial charge in [-0.25, -0.2) is 13.8 Å². The van der Waals surface area contributed by atoms with Crippen LogP contribution < -0.4 is 10.2 Å². The van der Waals surface area contributed by atoms with E-state index in [1.54, 1.807) is 18.3 Å². The zero-order chi connectivity index (χ0) is 21.2. The van der Waals surface area contributed by atoms with Gasteiger partial charge in [0.1, 0.15) is 11.9 Å². The van der Waals surface area contributed by atoms with Crippen LogP contribution in [0.5, 0.6) is 0 Å². The molecule has 0 unspecified atom stereocenters. The van der Waals surface area contributed by atoms with Gasteiger partial charge in [-0.1, -0.05) is 26.8 Å². The van der Waals surface area contributed by atoms with Crippen LogP contribution in [0.15, 0.2) is 28.9 Å². The minimum Gasteiger partial charge on any atom is -0.354 e. The smallest absolute Gasteiger partial charge is 0.174 e. The molecule has 1 N–H and O–H groups in total. The van der Waals surface area contributed by atoms with Gasteiger partial charge in [-0.3, -0.25) is 0 Å². The lowest BCUT2D eigenvalue weighted by molar-refractivity contribution is 0.323. The highest BCUT2D eigenvalue weighted by Gasteiger charge is 2.25. The summed E-state index contributed by atoms with van der Waals surface area (Å²) in [5, 5.41) is 12.5. The second-order valence-electron chi connectivity index (χ2n) is 8.63. The molecule has 0 atom stereocenters. The Morgan fingerprint density at radius 3 is 2.55 bits per heavy atom. The van der Waals surface area contributed by atoms with Gasteiger partial charge in [0, 0.05) is 41.9 Å². The van der Waals surface area contributed by atoms with E-state index in [0.29, 0.717) is 29.2 Å². The van der Waals surface area contributed by atoms with Gasteiger partial charge in [-0.05, 0) is 51.9 Å². The number of hydrogen-bond donors (Lipinski definition) is 1. The molecule has 0 saturated carbocycles. The van der Waals surface area contributed by atoms with Crippen LogP contribution in [-0.2, 0) is 0 Å². The van der Waals surface area contributed by atoms with E-state index in [9.17, 15) is 4.39 Å². The highest BCUT2D eigenvalue weighted by Crippen LogP contribution is 2.36. The molecule has 2 aromatic rings. The van der Waals surface area contributed by atoms with Crippen molar-refractivity contribution < 1.29 is 8.78 Å². The van der Waals surface area contributed by atoms with Crippen LogP contribution >= 0.6 is 15.9 Å². The van der Waals surface area contributed by atoms with Crippen molar-refractivity contribution in [2.24, 2.45) is 5.41 Å².